The summed E-state index contributed by atoms with van der Waals surface area (Å²) >= 11 is 0. The molecule has 4 aromatic heterocycles. The minimum absolute atomic E-state index is 0.0129. The molecule has 0 amide bonds. The topological polar surface area (TPSA) is 27.7 Å². The van der Waals surface area contributed by atoms with Crippen molar-refractivity contribution in [3.05, 3.63) is 158 Å². The Morgan fingerprint density at radius 2 is 1.07 bits per heavy atom. The van der Waals surface area contributed by atoms with Gasteiger partial charge in [0, 0.05) is 50.3 Å². The van der Waals surface area contributed by atoms with Crippen LogP contribution in [-0.4, -0.2) is 18.7 Å². The van der Waals surface area contributed by atoms with Gasteiger partial charge in [-0.25, -0.2) is 4.98 Å². The maximum absolute atomic E-state index is 9.00. The van der Waals surface area contributed by atoms with E-state index in [1.807, 2.05) is 60.7 Å². The number of rotatable bonds is 3. The van der Waals surface area contributed by atoms with Crippen molar-refractivity contribution < 1.29 is 11.0 Å². The first-order valence-electron chi connectivity index (χ1n) is 18.7. The molecule has 0 aliphatic heterocycles. The summed E-state index contributed by atoms with van der Waals surface area (Å²) in [6, 6.07) is 31.3. The van der Waals surface area contributed by atoms with Crippen LogP contribution in [0.5, 0.6) is 0 Å². The van der Waals surface area contributed by atoms with Gasteiger partial charge in [-0.1, -0.05) is 96.9 Å². The van der Waals surface area contributed by atoms with Gasteiger partial charge >= 0.3 is 0 Å². The zero-order valence-corrected chi connectivity index (χ0v) is 23.7. The van der Waals surface area contributed by atoms with Crippen LogP contribution in [-0.2, 0) is 0 Å². The molecule has 0 atom stereocenters. The van der Waals surface area contributed by atoms with Gasteiger partial charge in [0.1, 0.15) is 5.82 Å². The summed E-state index contributed by atoms with van der Waals surface area (Å²) < 4.78 is 75.6. The van der Waals surface area contributed by atoms with Crippen molar-refractivity contribution in [1.29, 1.82) is 0 Å². The van der Waals surface area contributed by atoms with Gasteiger partial charge in [0.25, 0.3) is 0 Å². The fourth-order valence-corrected chi connectivity index (χ4v) is 6.93. The number of pyridine rings is 1. The van der Waals surface area contributed by atoms with Gasteiger partial charge in [-0.2, -0.15) is 0 Å². The van der Waals surface area contributed by atoms with E-state index in [1.165, 1.54) is 4.57 Å². The predicted octanol–water partition coefficient (Wildman–Crippen LogP) is 10.4. The first kappa shape index (κ1) is 17.9. The lowest BCUT2D eigenvalue weighted by Gasteiger charge is -2.12. The molecule has 6 aromatic carbocycles. The molecule has 0 unspecified atom stereocenters. The maximum atomic E-state index is 9.00. The van der Waals surface area contributed by atoms with Crippen molar-refractivity contribution in [2.24, 2.45) is 0 Å². The number of fused-ring (bicyclic) bond motifs is 9. The van der Waals surface area contributed by atoms with E-state index in [1.54, 1.807) is 6.20 Å². The summed E-state index contributed by atoms with van der Waals surface area (Å²) in [5.41, 5.74) is 5.77. The SMILES string of the molecule is [2H]c1c([2H])c([2H])c2c(c1[2H])c1c([2H])c([2H])c([2H])c([2H])c1n2-c1cc2c(cn1)c1ccccc1n2-c1cccc2c1c1ccccc1n2-c1ccccc1. The molecular formula is C41H26N4. The molecule has 4 heterocycles. The van der Waals surface area contributed by atoms with Crippen LogP contribution in [0.2, 0.25) is 0 Å². The van der Waals surface area contributed by atoms with Gasteiger partial charge in [0.15, 0.2) is 0 Å². The number of para-hydroxylation sites is 5. The average Bonchev–Trinajstić information content (AvgIpc) is 3.84. The molecule has 45 heavy (non-hydrogen) atoms. The van der Waals surface area contributed by atoms with Crippen molar-refractivity contribution >= 4 is 65.4 Å². The summed E-state index contributed by atoms with van der Waals surface area (Å²) in [5.74, 6) is 0.246. The Balaban J connectivity index is 1.37. The molecule has 4 nitrogen and oxygen atoms in total. The zero-order chi connectivity index (χ0) is 36.4. The fourth-order valence-electron chi connectivity index (χ4n) is 6.93. The third-order valence-electron chi connectivity index (χ3n) is 8.74. The van der Waals surface area contributed by atoms with Crippen LogP contribution in [0.25, 0.3) is 82.6 Å². The van der Waals surface area contributed by atoms with E-state index < -0.39 is 24.2 Å². The highest BCUT2D eigenvalue weighted by molar-refractivity contribution is 6.16. The molecule has 4 heteroatoms. The third-order valence-corrected chi connectivity index (χ3v) is 8.74. The molecule has 0 radical (unpaired) electrons. The van der Waals surface area contributed by atoms with Gasteiger partial charge in [-0.3, -0.25) is 4.57 Å². The van der Waals surface area contributed by atoms with E-state index in [9.17, 15) is 0 Å². The number of hydrogen-bond acceptors (Lipinski definition) is 1. The van der Waals surface area contributed by atoms with Gasteiger partial charge < -0.3 is 9.13 Å². The predicted molar refractivity (Wildman–Crippen MR) is 187 cm³/mol. The van der Waals surface area contributed by atoms with Gasteiger partial charge in [0.05, 0.1) is 49.8 Å². The van der Waals surface area contributed by atoms with Crippen LogP contribution in [0.15, 0.2) is 158 Å². The Bertz CT molecular complexity index is 3140. The highest BCUT2D eigenvalue weighted by Gasteiger charge is 2.21. The molecule has 0 aliphatic carbocycles. The minimum Gasteiger partial charge on any atom is -0.309 e. The Labute approximate surface area is 269 Å². The molecule has 0 saturated carbocycles. The van der Waals surface area contributed by atoms with E-state index in [4.69, 9.17) is 16.0 Å². The van der Waals surface area contributed by atoms with Crippen LogP contribution < -0.4 is 0 Å². The van der Waals surface area contributed by atoms with Crippen molar-refractivity contribution in [2.75, 3.05) is 0 Å². The quantitative estimate of drug-likeness (QED) is 0.204. The van der Waals surface area contributed by atoms with E-state index in [0.29, 0.717) is 0 Å². The second-order valence-electron chi connectivity index (χ2n) is 11.1. The molecule has 0 N–H and O–H groups in total. The lowest BCUT2D eigenvalue weighted by Crippen LogP contribution is -2.00. The largest absolute Gasteiger partial charge is 0.309 e. The number of benzene rings is 6. The fraction of sp³-hybridized carbons (Fsp3) is 0. The minimum atomic E-state index is -0.486. The molecule has 0 bridgehead atoms. The molecule has 0 aliphatic rings. The second kappa shape index (κ2) is 9.18. The van der Waals surface area contributed by atoms with E-state index >= 15 is 0 Å². The van der Waals surface area contributed by atoms with Crippen LogP contribution in [0.3, 0.4) is 0 Å². The monoisotopic (exact) mass is 582 g/mol. The Morgan fingerprint density at radius 1 is 0.444 bits per heavy atom. The molecule has 0 saturated heterocycles. The van der Waals surface area contributed by atoms with Crippen LogP contribution >= 0.6 is 0 Å². The first-order chi connectivity index (χ1) is 25.7. The van der Waals surface area contributed by atoms with E-state index in [-0.39, 0.29) is 51.8 Å². The smallest absolute Gasteiger partial charge is 0.139 e. The lowest BCUT2D eigenvalue weighted by molar-refractivity contribution is 1.08. The van der Waals surface area contributed by atoms with Crippen LogP contribution in [0.1, 0.15) is 11.0 Å². The summed E-state index contributed by atoms with van der Waals surface area (Å²) in [4.78, 5) is 4.85. The Morgan fingerprint density at radius 3 is 1.82 bits per heavy atom. The lowest BCUT2D eigenvalue weighted by atomic mass is 10.1. The van der Waals surface area contributed by atoms with Crippen LogP contribution in [0, 0.1) is 0 Å². The summed E-state index contributed by atoms with van der Waals surface area (Å²) in [6.45, 7) is 0. The molecule has 10 aromatic rings. The molecule has 210 valence electrons. The van der Waals surface area contributed by atoms with Crippen molar-refractivity contribution in [1.82, 2.24) is 18.7 Å². The van der Waals surface area contributed by atoms with Crippen LogP contribution in [0.4, 0.5) is 0 Å². The van der Waals surface area contributed by atoms with Gasteiger partial charge in [-0.05, 0) is 48.5 Å². The van der Waals surface area contributed by atoms with E-state index in [2.05, 4.69) is 51.6 Å². The maximum Gasteiger partial charge on any atom is 0.139 e. The van der Waals surface area contributed by atoms with Crippen molar-refractivity contribution in [3.63, 3.8) is 0 Å². The van der Waals surface area contributed by atoms with Crippen molar-refractivity contribution in [2.45, 2.75) is 0 Å². The van der Waals surface area contributed by atoms with E-state index in [0.717, 1.165) is 55.0 Å². The molecular weight excluding hydrogens is 548 g/mol. The Kier molecular flexibility index (Phi) is 3.64. The number of aromatic nitrogens is 4. The Hall–Kier alpha value is -6.13. The summed E-state index contributed by atoms with van der Waals surface area (Å²) in [5, 5.41) is 3.93. The standard InChI is InChI=1S/C41H26N4/c1-2-13-27(14-3-1)43-36-22-11-7-18-31(36)41-37(43)23-12-24-38(41)44-33-19-8-6-17-30(33)32-26-42-40(25-39(32)44)45-34-20-9-4-15-28(34)29-16-5-10-21-35(29)45/h1-26H/i4D,5D,9D,10D,15D,16D,20D,21D. The summed E-state index contributed by atoms with van der Waals surface area (Å²) in [7, 11) is 0. The second-order valence-corrected chi connectivity index (χ2v) is 11.1. The van der Waals surface area contributed by atoms with Crippen molar-refractivity contribution in [3.8, 4) is 17.2 Å². The third kappa shape index (κ3) is 3.34. The first-order valence-corrected chi connectivity index (χ1v) is 14.7. The molecule has 10 rings (SSSR count). The average molecular weight is 583 g/mol. The highest BCUT2D eigenvalue weighted by atomic mass is 15.1. The number of nitrogens with zero attached hydrogens (tertiary/aromatic N) is 4. The molecule has 0 fully saturated rings. The number of hydrogen-bond donors (Lipinski definition) is 0. The van der Waals surface area contributed by atoms with Gasteiger partial charge in [-0.15, -0.1) is 0 Å². The highest BCUT2D eigenvalue weighted by Crippen LogP contribution is 2.40. The summed E-state index contributed by atoms with van der Waals surface area (Å²) in [6.07, 6.45) is 1.73. The molecule has 0 spiro atoms. The zero-order valence-electron chi connectivity index (χ0n) is 31.7. The van der Waals surface area contributed by atoms with Gasteiger partial charge in [0.2, 0.25) is 0 Å². The normalized spacial score (nSPS) is 14.5.